The van der Waals surface area contributed by atoms with Gasteiger partial charge in [-0.15, -0.1) is 0 Å². The van der Waals surface area contributed by atoms with Gasteiger partial charge in [0, 0.05) is 19.2 Å². The van der Waals surface area contributed by atoms with Crippen LogP contribution in [-0.4, -0.2) is 30.0 Å². The van der Waals surface area contributed by atoms with Crippen LogP contribution in [0.15, 0.2) is 41.6 Å². The van der Waals surface area contributed by atoms with Crippen molar-refractivity contribution >= 4 is 10.0 Å². The van der Waals surface area contributed by atoms with Crippen LogP contribution in [0.3, 0.4) is 0 Å². The Morgan fingerprint density at radius 1 is 1.33 bits per heavy atom. The zero-order valence-electron chi connectivity index (χ0n) is 9.67. The van der Waals surface area contributed by atoms with Crippen molar-refractivity contribution in [1.29, 1.82) is 0 Å². The number of nitrogens with one attached hydrogen (secondary N) is 1. The highest BCUT2D eigenvalue weighted by Gasteiger charge is 2.22. The topological polar surface area (TPSA) is 66.1 Å². The molecule has 5 nitrogen and oxygen atoms in total. The van der Waals surface area contributed by atoms with E-state index in [9.17, 15) is 12.8 Å². The second kappa shape index (κ2) is 4.87. The number of halogens is 1. The standard InChI is InChI=1S/C11H12FN3O2S/c1-15(8-9-4-2-3-5-10(9)12)18(16,17)11-6-7-13-14-11/h2-7H,8H2,1H3,(H,13,14). The van der Waals surface area contributed by atoms with E-state index in [1.54, 1.807) is 18.2 Å². The maximum absolute atomic E-state index is 13.4. The molecule has 2 aromatic rings. The number of hydrogen-bond donors (Lipinski definition) is 1. The molecule has 2 rings (SSSR count). The van der Waals surface area contributed by atoms with Gasteiger partial charge in [0.2, 0.25) is 0 Å². The van der Waals surface area contributed by atoms with Crippen LogP contribution >= 0.6 is 0 Å². The van der Waals surface area contributed by atoms with E-state index in [4.69, 9.17) is 0 Å². The molecule has 0 bridgehead atoms. The third-order valence-corrected chi connectivity index (χ3v) is 4.25. The fourth-order valence-corrected chi connectivity index (χ4v) is 2.55. The van der Waals surface area contributed by atoms with Gasteiger partial charge in [-0.05, 0) is 12.1 Å². The fraction of sp³-hybridized carbons (Fsp3) is 0.182. The molecule has 0 saturated carbocycles. The van der Waals surface area contributed by atoms with Crippen molar-refractivity contribution in [1.82, 2.24) is 14.5 Å². The highest BCUT2D eigenvalue weighted by atomic mass is 32.2. The summed E-state index contributed by atoms with van der Waals surface area (Å²) in [6.45, 7) is -0.0337. The van der Waals surface area contributed by atoms with Crippen molar-refractivity contribution in [2.75, 3.05) is 7.05 Å². The maximum atomic E-state index is 13.4. The summed E-state index contributed by atoms with van der Waals surface area (Å²) in [7, 11) is -2.27. The van der Waals surface area contributed by atoms with Gasteiger partial charge < -0.3 is 0 Å². The Kier molecular flexibility index (Phi) is 3.44. The molecule has 18 heavy (non-hydrogen) atoms. The third kappa shape index (κ3) is 2.41. The normalized spacial score (nSPS) is 11.9. The Morgan fingerprint density at radius 2 is 2.06 bits per heavy atom. The number of sulfonamides is 1. The molecule has 0 spiro atoms. The second-order valence-electron chi connectivity index (χ2n) is 3.77. The van der Waals surface area contributed by atoms with Gasteiger partial charge in [-0.2, -0.15) is 9.40 Å². The summed E-state index contributed by atoms with van der Waals surface area (Å²) in [5.41, 5.74) is 0.322. The lowest BCUT2D eigenvalue weighted by atomic mass is 10.2. The number of aromatic amines is 1. The number of nitrogens with zero attached hydrogens (tertiary/aromatic N) is 2. The highest BCUT2D eigenvalue weighted by molar-refractivity contribution is 7.89. The number of H-pyrrole nitrogens is 1. The summed E-state index contributed by atoms with van der Waals surface area (Å²) in [6, 6.07) is 7.42. The lowest BCUT2D eigenvalue weighted by Crippen LogP contribution is -2.27. The Morgan fingerprint density at radius 3 is 2.67 bits per heavy atom. The molecule has 1 aromatic heterocycles. The minimum absolute atomic E-state index is 0.0126. The molecule has 0 aliphatic carbocycles. The van der Waals surface area contributed by atoms with Crippen LogP contribution in [0.5, 0.6) is 0 Å². The van der Waals surface area contributed by atoms with Crippen LogP contribution in [0.2, 0.25) is 0 Å². The van der Waals surface area contributed by atoms with Gasteiger partial charge in [0.05, 0.1) is 6.20 Å². The lowest BCUT2D eigenvalue weighted by Gasteiger charge is -2.16. The van der Waals surface area contributed by atoms with Gasteiger partial charge >= 0.3 is 0 Å². The van der Waals surface area contributed by atoms with E-state index in [-0.39, 0.29) is 11.6 Å². The third-order valence-electron chi connectivity index (χ3n) is 2.51. The molecular weight excluding hydrogens is 257 g/mol. The van der Waals surface area contributed by atoms with E-state index in [0.29, 0.717) is 5.56 Å². The van der Waals surface area contributed by atoms with E-state index in [2.05, 4.69) is 10.2 Å². The van der Waals surface area contributed by atoms with Crippen molar-refractivity contribution in [2.24, 2.45) is 0 Å². The largest absolute Gasteiger partial charge is 0.266 e. The zero-order chi connectivity index (χ0) is 13.2. The lowest BCUT2D eigenvalue weighted by molar-refractivity contribution is 0.453. The Hall–Kier alpha value is -1.73. The molecule has 0 amide bonds. The number of aromatic nitrogens is 2. The van der Waals surface area contributed by atoms with Crippen molar-refractivity contribution in [3.8, 4) is 0 Å². The molecule has 0 saturated heterocycles. The fourth-order valence-electron chi connectivity index (χ4n) is 1.51. The summed E-state index contributed by atoms with van der Waals surface area (Å²) < 4.78 is 38.6. The zero-order valence-corrected chi connectivity index (χ0v) is 10.5. The smallest absolute Gasteiger partial charge is 0.260 e. The average molecular weight is 269 g/mol. The van der Waals surface area contributed by atoms with Crippen LogP contribution in [-0.2, 0) is 16.6 Å². The number of rotatable bonds is 4. The monoisotopic (exact) mass is 269 g/mol. The quantitative estimate of drug-likeness (QED) is 0.911. The van der Waals surface area contributed by atoms with Gasteiger partial charge in [0.1, 0.15) is 5.82 Å². The maximum Gasteiger partial charge on any atom is 0.260 e. The summed E-state index contributed by atoms with van der Waals surface area (Å²) >= 11 is 0. The molecule has 0 aliphatic heterocycles. The minimum atomic E-state index is -3.66. The van der Waals surface area contributed by atoms with E-state index in [1.807, 2.05) is 0 Å². The van der Waals surface area contributed by atoms with Gasteiger partial charge in [0.15, 0.2) is 5.03 Å². The Bertz CT molecular complexity index is 625. The van der Waals surface area contributed by atoms with Crippen LogP contribution in [0, 0.1) is 5.82 Å². The summed E-state index contributed by atoms with van der Waals surface area (Å²) in [5, 5.41) is 5.96. The van der Waals surface area contributed by atoms with Gasteiger partial charge in [0.25, 0.3) is 10.0 Å². The van der Waals surface area contributed by atoms with E-state index in [1.165, 1.54) is 25.4 Å². The molecule has 1 heterocycles. The first kappa shape index (κ1) is 12.7. The number of hydrogen-bond acceptors (Lipinski definition) is 3. The number of benzene rings is 1. The van der Waals surface area contributed by atoms with Crippen molar-refractivity contribution in [2.45, 2.75) is 11.6 Å². The molecule has 1 N–H and O–H groups in total. The average Bonchev–Trinajstić information content (AvgIpc) is 2.86. The molecule has 7 heteroatoms. The van der Waals surface area contributed by atoms with E-state index in [0.717, 1.165) is 4.31 Å². The summed E-state index contributed by atoms with van der Waals surface area (Å²) in [5.74, 6) is -0.427. The van der Waals surface area contributed by atoms with Gasteiger partial charge in [-0.25, -0.2) is 12.8 Å². The molecule has 0 aliphatic rings. The van der Waals surface area contributed by atoms with Crippen molar-refractivity contribution < 1.29 is 12.8 Å². The van der Waals surface area contributed by atoms with Crippen LogP contribution in [0.25, 0.3) is 0 Å². The summed E-state index contributed by atoms with van der Waals surface area (Å²) in [4.78, 5) is 0. The highest BCUT2D eigenvalue weighted by Crippen LogP contribution is 2.15. The molecule has 0 atom stereocenters. The van der Waals surface area contributed by atoms with Crippen LogP contribution in [0.4, 0.5) is 4.39 Å². The van der Waals surface area contributed by atoms with E-state index >= 15 is 0 Å². The molecule has 0 fully saturated rings. The van der Waals surface area contributed by atoms with Crippen molar-refractivity contribution in [3.05, 3.63) is 47.9 Å². The molecule has 96 valence electrons. The molecule has 1 aromatic carbocycles. The predicted octanol–water partition coefficient (Wildman–Crippen LogP) is 1.37. The Labute approximate surface area is 104 Å². The van der Waals surface area contributed by atoms with Crippen LogP contribution in [0.1, 0.15) is 5.56 Å². The van der Waals surface area contributed by atoms with Crippen molar-refractivity contribution in [3.63, 3.8) is 0 Å². The molecule has 0 unspecified atom stereocenters. The first-order valence-corrected chi connectivity index (χ1v) is 6.65. The summed E-state index contributed by atoms with van der Waals surface area (Å²) in [6.07, 6.45) is 1.35. The van der Waals surface area contributed by atoms with Gasteiger partial charge in [-0.3, -0.25) is 5.10 Å². The van der Waals surface area contributed by atoms with Gasteiger partial charge in [-0.1, -0.05) is 18.2 Å². The first-order valence-electron chi connectivity index (χ1n) is 5.21. The SMILES string of the molecule is CN(Cc1ccccc1F)S(=O)(=O)c1ccn[nH]1. The van der Waals surface area contributed by atoms with Crippen LogP contribution < -0.4 is 0 Å². The van der Waals surface area contributed by atoms with E-state index < -0.39 is 15.8 Å². The molecule has 0 radical (unpaired) electrons. The predicted molar refractivity (Wildman–Crippen MR) is 63.6 cm³/mol. The molecular formula is C11H12FN3O2S. The second-order valence-corrected chi connectivity index (χ2v) is 5.79. The Balaban J connectivity index is 2.24. The first-order chi connectivity index (χ1) is 8.51. The minimum Gasteiger partial charge on any atom is -0.266 e.